The monoisotopic (exact) mass is 458 g/mol. The molecular weight excluding hydrogens is 439 g/mol. The van der Waals surface area contributed by atoms with Crippen molar-refractivity contribution in [3.05, 3.63) is 63.2 Å². The molecule has 31 heavy (non-hydrogen) atoms. The van der Waals surface area contributed by atoms with E-state index in [9.17, 15) is 18.8 Å². The Morgan fingerprint density at radius 3 is 2.58 bits per heavy atom. The number of benzene rings is 1. The topological polar surface area (TPSA) is 105 Å². The molecule has 0 unspecified atom stereocenters. The molecule has 160 valence electrons. The highest BCUT2D eigenvalue weighted by Gasteiger charge is 2.21. The standard InChI is InChI=1S/C21H19FN4O3S2/c1-11-12(2)31-20(18(11)19(23)29)25-17(28)9-8-14-10-30-21(24-14)26(13(3)27)16-7-5-4-6-15(16)22/h4-10H,1-3H3,(H2,23,29)(H,25,28)/b9-8+. The summed E-state index contributed by atoms with van der Waals surface area (Å²) in [5, 5.41) is 4.96. The van der Waals surface area contributed by atoms with Crippen LogP contribution in [0.1, 0.15) is 33.4 Å². The number of halogens is 1. The second kappa shape index (κ2) is 9.19. The first kappa shape index (κ1) is 22.3. The van der Waals surface area contributed by atoms with Gasteiger partial charge in [-0.2, -0.15) is 0 Å². The quantitative estimate of drug-likeness (QED) is 0.534. The lowest BCUT2D eigenvalue weighted by molar-refractivity contribution is -0.116. The fourth-order valence-corrected chi connectivity index (χ4v) is 4.74. The number of amides is 3. The summed E-state index contributed by atoms with van der Waals surface area (Å²) in [5.74, 6) is -2.01. The molecule has 7 nitrogen and oxygen atoms in total. The van der Waals surface area contributed by atoms with Crippen molar-refractivity contribution in [2.75, 3.05) is 10.2 Å². The molecule has 3 N–H and O–H groups in total. The molecular formula is C21H19FN4O3S2. The molecule has 0 aliphatic heterocycles. The number of thiazole rings is 1. The van der Waals surface area contributed by atoms with Gasteiger partial charge in [0.2, 0.25) is 11.8 Å². The molecule has 1 aromatic carbocycles. The smallest absolute Gasteiger partial charge is 0.251 e. The fourth-order valence-electron chi connectivity index (χ4n) is 2.82. The van der Waals surface area contributed by atoms with Crippen LogP contribution in [0.4, 0.5) is 20.2 Å². The highest BCUT2D eigenvalue weighted by Crippen LogP contribution is 2.33. The van der Waals surface area contributed by atoms with Crippen LogP contribution in [0.15, 0.2) is 35.7 Å². The molecule has 0 radical (unpaired) electrons. The van der Waals surface area contributed by atoms with Crippen LogP contribution in [0, 0.1) is 19.7 Å². The SMILES string of the molecule is CC(=O)N(c1nc(/C=C/C(=O)Nc2sc(C)c(C)c2C(N)=O)cs1)c1ccccc1F. The van der Waals surface area contributed by atoms with Gasteiger partial charge in [-0.1, -0.05) is 12.1 Å². The van der Waals surface area contributed by atoms with Gasteiger partial charge in [-0.05, 0) is 37.6 Å². The predicted molar refractivity (Wildman–Crippen MR) is 121 cm³/mol. The molecule has 3 amide bonds. The molecule has 3 aromatic rings. The number of anilines is 3. The summed E-state index contributed by atoms with van der Waals surface area (Å²) < 4.78 is 14.2. The van der Waals surface area contributed by atoms with E-state index in [1.807, 2.05) is 6.92 Å². The van der Waals surface area contributed by atoms with Crippen LogP contribution in [0.2, 0.25) is 0 Å². The highest BCUT2D eigenvalue weighted by molar-refractivity contribution is 7.17. The second-order valence-electron chi connectivity index (χ2n) is 6.53. The maximum absolute atomic E-state index is 14.2. The molecule has 0 atom stereocenters. The number of nitrogens with two attached hydrogens (primary N) is 1. The average molecular weight is 459 g/mol. The van der Waals surface area contributed by atoms with E-state index in [0.717, 1.165) is 21.8 Å². The first-order valence-electron chi connectivity index (χ1n) is 9.08. The molecule has 0 spiro atoms. The van der Waals surface area contributed by atoms with Gasteiger partial charge in [-0.25, -0.2) is 9.37 Å². The van der Waals surface area contributed by atoms with E-state index < -0.39 is 23.5 Å². The number of carbonyl (C=O) groups excluding carboxylic acids is 3. The number of aryl methyl sites for hydroxylation is 1. The lowest BCUT2D eigenvalue weighted by Crippen LogP contribution is -2.23. The fraction of sp³-hybridized carbons (Fsp3) is 0.143. The van der Waals surface area contributed by atoms with Crippen molar-refractivity contribution in [3.63, 3.8) is 0 Å². The van der Waals surface area contributed by atoms with Crippen molar-refractivity contribution in [1.82, 2.24) is 4.98 Å². The lowest BCUT2D eigenvalue weighted by atomic mass is 10.1. The minimum Gasteiger partial charge on any atom is -0.365 e. The van der Waals surface area contributed by atoms with Crippen LogP contribution in [0.5, 0.6) is 0 Å². The Bertz CT molecular complexity index is 1200. The van der Waals surface area contributed by atoms with Gasteiger partial charge in [0.25, 0.3) is 5.91 Å². The number of para-hydroxylation sites is 1. The summed E-state index contributed by atoms with van der Waals surface area (Å²) in [6.07, 6.45) is 2.72. The number of carbonyl (C=O) groups is 3. The Hall–Kier alpha value is -3.37. The van der Waals surface area contributed by atoms with Crippen LogP contribution in [-0.2, 0) is 9.59 Å². The molecule has 0 fully saturated rings. The molecule has 2 aromatic heterocycles. The Kier molecular flexibility index (Phi) is 6.62. The maximum Gasteiger partial charge on any atom is 0.251 e. The second-order valence-corrected chi connectivity index (χ2v) is 8.60. The molecule has 0 saturated carbocycles. The zero-order valence-corrected chi connectivity index (χ0v) is 18.6. The summed E-state index contributed by atoms with van der Waals surface area (Å²) in [5.41, 5.74) is 6.96. The molecule has 3 rings (SSSR count). The number of hydrogen-bond donors (Lipinski definition) is 2. The molecule has 0 bridgehead atoms. The van der Waals surface area contributed by atoms with E-state index in [4.69, 9.17) is 5.73 Å². The third-order valence-corrected chi connectivity index (χ3v) is 6.35. The van der Waals surface area contributed by atoms with Crippen LogP contribution in [0.3, 0.4) is 0 Å². The molecule has 2 heterocycles. The number of rotatable bonds is 6. The largest absolute Gasteiger partial charge is 0.365 e. The van der Waals surface area contributed by atoms with Crippen LogP contribution >= 0.6 is 22.7 Å². The van der Waals surface area contributed by atoms with Gasteiger partial charge in [-0.15, -0.1) is 22.7 Å². The van der Waals surface area contributed by atoms with Crippen molar-refractivity contribution in [1.29, 1.82) is 0 Å². The van der Waals surface area contributed by atoms with Gasteiger partial charge in [0.05, 0.1) is 16.9 Å². The van der Waals surface area contributed by atoms with E-state index in [2.05, 4.69) is 10.3 Å². The molecule has 0 aliphatic rings. The highest BCUT2D eigenvalue weighted by atomic mass is 32.1. The minimum atomic E-state index is -0.609. The van der Waals surface area contributed by atoms with Gasteiger partial charge in [0.1, 0.15) is 10.8 Å². The summed E-state index contributed by atoms with van der Waals surface area (Å²) in [4.78, 5) is 42.5. The molecule has 0 aliphatic carbocycles. The summed E-state index contributed by atoms with van der Waals surface area (Å²) in [6, 6.07) is 5.91. The Labute approximate surface area is 186 Å². The summed E-state index contributed by atoms with van der Waals surface area (Å²) in [7, 11) is 0. The first-order valence-corrected chi connectivity index (χ1v) is 10.8. The van der Waals surface area contributed by atoms with Gasteiger partial charge < -0.3 is 11.1 Å². The zero-order chi connectivity index (χ0) is 22.7. The Morgan fingerprint density at radius 2 is 1.94 bits per heavy atom. The van der Waals surface area contributed by atoms with Crippen LogP contribution < -0.4 is 16.0 Å². The zero-order valence-electron chi connectivity index (χ0n) is 16.9. The Balaban J connectivity index is 1.78. The number of thiophene rings is 1. The van der Waals surface area contributed by atoms with Gasteiger partial charge in [0.15, 0.2) is 5.13 Å². The van der Waals surface area contributed by atoms with Gasteiger partial charge >= 0.3 is 0 Å². The van der Waals surface area contributed by atoms with E-state index >= 15 is 0 Å². The maximum atomic E-state index is 14.2. The van der Waals surface area contributed by atoms with Crippen molar-refractivity contribution in [2.24, 2.45) is 5.73 Å². The third-order valence-electron chi connectivity index (χ3n) is 4.38. The number of hydrogen-bond acceptors (Lipinski definition) is 6. The minimum absolute atomic E-state index is 0.0973. The third kappa shape index (κ3) is 4.86. The van der Waals surface area contributed by atoms with Gasteiger partial charge in [-0.3, -0.25) is 19.3 Å². The Morgan fingerprint density at radius 1 is 1.23 bits per heavy atom. The normalized spacial score (nSPS) is 11.0. The van der Waals surface area contributed by atoms with E-state index in [-0.39, 0.29) is 10.8 Å². The van der Waals surface area contributed by atoms with Crippen molar-refractivity contribution in [2.45, 2.75) is 20.8 Å². The van der Waals surface area contributed by atoms with Crippen LogP contribution in [0.25, 0.3) is 6.08 Å². The average Bonchev–Trinajstić information content (AvgIpc) is 3.26. The van der Waals surface area contributed by atoms with E-state index in [1.165, 1.54) is 53.5 Å². The van der Waals surface area contributed by atoms with Crippen LogP contribution in [-0.4, -0.2) is 22.7 Å². The van der Waals surface area contributed by atoms with Crippen molar-refractivity contribution in [3.8, 4) is 0 Å². The summed E-state index contributed by atoms with van der Waals surface area (Å²) >= 11 is 2.41. The molecule has 10 heteroatoms. The lowest BCUT2D eigenvalue weighted by Gasteiger charge is -2.18. The molecule has 0 saturated heterocycles. The predicted octanol–water partition coefficient (Wildman–Crippen LogP) is 4.40. The van der Waals surface area contributed by atoms with E-state index in [1.54, 1.807) is 18.4 Å². The van der Waals surface area contributed by atoms with Crippen molar-refractivity contribution >= 4 is 62.3 Å². The number of nitrogens with zero attached hydrogens (tertiary/aromatic N) is 2. The number of nitrogens with one attached hydrogen (secondary N) is 1. The number of primary amides is 1. The summed E-state index contributed by atoms with van der Waals surface area (Å²) in [6.45, 7) is 4.92. The first-order chi connectivity index (χ1) is 14.7. The van der Waals surface area contributed by atoms with Gasteiger partial charge in [0, 0.05) is 23.3 Å². The van der Waals surface area contributed by atoms with E-state index in [0.29, 0.717) is 16.3 Å². The number of aromatic nitrogens is 1. The van der Waals surface area contributed by atoms with Crippen molar-refractivity contribution < 1.29 is 18.8 Å².